The standard InChI is InChI=1S/C12H22N2O2/c15-12(14-7-1-2-8-14)5-6-13-10-11-4-3-9-16-11/h11,13H,1-10H2. The van der Waals surface area contributed by atoms with Crippen molar-refractivity contribution < 1.29 is 9.53 Å². The second-order valence-corrected chi connectivity index (χ2v) is 4.68. The highest BCUT2D eigenvalue weighted by Gasteiger charge is 2.18. The predicted molar refractivity (Wildman–Crippen MR) is 62.3 cm³/mol. The largest absolute Gasteiger partial charge is 0.377 e. The summed E-state index contributed by atoms with van der Waals surface area (Å²) < 4.78 is 5.50. The first kappa shape index (κ1) is 11.9. The van der Waals surface area contributed by atoms with Gasteiger partial charge in [-0.3, -0.25) is 4.79 Å². The Morgan fingerprint density at radius 2 is 2.12 bits per heavy atom. The Balaban J connectivity index is 1.51. The summed E-state index contributed by atoms with van der Waals surface area (Å²) in [6.45, 7) is 4.51. The SMILES string of the molecule is O=C(CCNCC1CCCO1)N1CCCC1. The lowest BCUT2D eigenvalue weighted by atomic mass is 10.2. The number of rotatable bonds is 5. The van der Waals surface area contributed by atoms with E-state index in [0.29, 0.717) is 18.4 Å². The van der Waals surface area contributed by atoms with Crippen LogP contribution in [0.5, 0.6) is 0 Å². The Kier molecular flexibility index (Phi) is 4.60. The smallest absolute Gasteiger partial charge is 0.223 e. The number of carbonyl (C=O) groups is 1. The molecule has 2 heterocycles. The first-order valence-corrected chi connectivity index (χ1v) is 6.46. The molecule has 0 aliphatic carbocycles. The van der Waals surface area contributed by atoms with Crippen LogP contribution in [0.15, 0.2) is 0 Å². The van der Waals surface area contributed by atoms with Crippen molar-refractivity contribution >= 4 is 5.91 Å². The number of carbonyl (C=O) groups excluding carboxylic acids is 1. The molecule has 1 amide bonds. The molecule has 2 aliphatic heterocycles. The average molecular weight is 226 g/mol. The molecule has 2 fully saturated rings. The fourth-order valence-electron chi connectivity index (χ4n) is 2.39. The quantitative estimate of drug-likeness (QED) is 0.704. The lowest BCUT2D eigenvalue weighted by Crippen LogP contribution is -2.33. The average Bonchev–Trinajstić information content (AvgIpc) is 2.96. The molecule has 0 bridgehead atoms. The summed E-state index contributed by atoms with van der Waals surface area (Å²) in [4.78, 5) is 13.7. The topological polar surface area (TPSA) is 41.6 Å². The van der Waals surface area contributed by atoms with Crippen molar-refractivity contribution in [2.45, 2.75) is 38.2 Å². The molecular weight excluding hydrogens is 204 g/mol. The molecule has 92 valence electrons. The van der Waals surface area contributed by atoms with Crippen molar-refractivity contribution in [1.82, 2.24) is 10.2 Å². The van der Waals surface area contributed by atoms with E-state index in [1.165, 1.54) is 19.3 Å². The minimum absolute atomic E-state index is 0.303. The molecule has 0 saturated carbocycles. The lowest BCUT2D eigenvalue weighted by Gasteiger charge is -2.16. The summed E-state index contributed by atoms with van der Waals surface area (Å²) in [5, 5.41) is 3.31. The van der Waals surface area contributed by atoms with Gasteiger partial charge in [-0.15, -0.1) is 0 Å². The van der Waals surface area contributed by atoms with Gasteiger partial charge in [-0.05, 0) is 25.7 Å². The number of hydrogen-bond acceptors (Lipinski definition) is 3. The van der Waals surface area contributed by atoms with E-state index in [1.807, 2.05) is 4.90 Å². The van der Waals surface area contributed by atoms with Gasteiger partial charge in [0.05, 0.1) is 6.10 Å². The Morgan fingerprint density at radius 3 is 2.81 bits per heavy atom. The molecule has 2 saturated heterocycles. The van der Waals surface area contributed by atoms with Gasteiger partial charge in [0.2, 0.25) is 5.91 Å². The van der Waals surface area contributed by atoms with E-state index in [0.717, 1.165) is 39.2 Å². The predicted octanol–water partition coefficient (Wildman–Crippen LogP) is 0.767. The first-order chi connectivity index (χ1) is 7.86. The van der Waals surface area contributed by atoms with Crippen LogP contribution >= 0.6 is 0 Å². The Labute approximate surface area is 97.3 Å². The van der Waals surface area contributed by atoms with Crippen LogP contribution in [0, 0.1) is 0 Å². The summed E-state index contributed by atoms with van der Waals surface area (Å²) in [6.07, 6.45) is 5.70. The number of hydrogen-bond donors (Lipinski definition) is 1. The van der Waals surface area contributed by atoms with Crippen LogP contribution in [0.3, 0.4) is 0 Å². The summed E-state index contributed by atoms with van der Waals surface area (Å²) in [5.41, 5.74) is 0. The van der Waals surface area contributed by atoms with E-state index in [4.69, 9.17) is 4.74 Å². The molecule has 0 spiro atoms. The van der Waals surface area contributed by atoms with E-state index in [1.54, 1.807) is 0 Å². The van der Waals surface area contributed by atoms with Crippen molar-refractivity contribution in [3.05, 3.63) is 0 Å². The van der Waals surface area contributed by atoms with Crippen LogP contribution in [-0.2, 0) is 9.53 Å². The second kappa shape index (κ2) is 6.21. The molecule has 0 radical (unpaired) electrons. The molecule has 4 nitrogen and oxygen atoms in total. The fraction of sp³-hybridized carbons (Fsp3) is 0.917. The number of nitrogens with one attached hydrogen (secondary N) is 1. The molecule has 16 heavy (non-hydrogen) atoms. The molecule has 0 aromatic rings. The minimum atomic E-state index is 0.303. The van der Waals surface area contributed by atoms with Crippen molar-refractivity contribution in [2.75, 3.05) is 32.8 Å². The molecular formula is C12H22N2O2. The Hall–Kier alpha value is -0.610. The van der Waals surface area contributed by atoms with Crippen LogP contribution < -0.4 is 5.32 Å². The molecule has 4 heteroatoms. The Morgan fingerprint density at radius 1 is 1.31 bits per heavy atom. The maximum atomic E-state index is 11.7. The van der Waals surface area contributed by atoms with Gasteiger partial charge in [0, 0.05) is 39.2 Å². The highest BCUT2D eigenvalue weighted by atomic mass is 16.5. The zero-order valence-corrected chi connectivity index (χ0v) is 9.91. The summed E-state index contributed by atoms with van der Waals surface area (Å²) in [5.74, 6) is 0.303. The zero-order valence-electron chi connectivity index (χ0n) is 9.91. The molecule has 1 N–H and O–H groups in total. The molecule has 0 aromatic carbocycles. The van der Waals surface area contributed by atoms with E-state index in [2.05, 4.69) is 5.32 Å². The van der Waals surface area contributed by atoms with Gasteiger partial charge in [-0.25, -0.2) is 0 Å². The van der Waals surface area contributed by atoms with Crippen LogP contribution in [-0.4, -0.2) is 49.7 Å². The molecule has 2 rings (SSSR count). The van der Waals surface area contributed by atoms with E-state index in [9.17, 15) is 4.79 Å². The van der Waals surface area contributed by atoms with Gasteiger partial charge < -0.3 is 15.0 Å². The maximum Gasteiger partial charge on any atom is 0.223 e. The molecule has 2 aliphatic rings. The van der Waals surface area contributed by atoms with Crippen molar-refractivity contribution in [3.8, 4) is 0 Å². The highest BCUT2D eigenvalue weighted by molar-refractivity contribution is 5.76. The van der Waals surface area contributed by atoms with Crippen molar-refractivity contribution in [2.24, 2.45) is 0 Å². The monoisotopic (exact) mass is 226 g/mol. The highest BCUT2D eigenvalue weighted by Crippen LogP contribution is 2.11. The second-order valence-electron chi connectivity index (χ2n) is 4.68. The van der Waals surface area contributed by atoms with Crippen molar-refractivity contribution in [1.29, 1.82) is 0 Å². The van der Waals surface area contributed by atoms with E-state index < -0.39 is 0 Å². The van der Waals surface area contributed by atoms with Gasteiger partial charge in [0.15, 0.2) is 0 Å². The third-order valence-electron chi connectivity index (χ3n) is 3.37. The van der Waals surface area contributed by atoms with Gasteiger partial charge >= 0.3 is 0 Å². The maximum absolute atomic E-state index is 11.7. The number of amides is 1. The van der Waals surface area contributed by atoms with Gasteiger partial charge in [0.25, 0.3) is 0 Å². The summed E-state index contributed by atoms with van der Waals surface area (Å²) in [6, 6.07) is 0. The Bertz CT molecular complexity index is 221. The van der Waals surface area contributed by atoms with Gasteiger partial charge in [-0.1, -0.05) is 0 Å². The number of ether oxygens (including phenoxy) is 1. The lowest BCUT2D eigenvalue weighted by molar-refractivity contribution is -0.130. The van der Waals surface area contributed by atoms with E-state index in [-0.39, 0.29) is 0 Å². The van der Waals surface area contributed by atoms with E-state index >= 15 is 0 Å². The number of nitrogens with zero attached hydrogens (tertiary/aromatic N) is 1. The third kappa shape index (κ3) is 3.46. The summed E-state index contributed by atoms with van der Waals surface area (Å²) in [7, 11) is 0. The van der Waals surface area contributed by atoms with Crippen LogP contribution in [0.2, 0.25) is 0 Å². The third-order valence-corrected chi connectivity index (χ3v) is 3.37. The normalized spacial score (nSPS) is 25.2. The van der Waals surface area contributed by atoms with Crippen LogP contribution in [0.1, 0.15) is 32.1 Å². The fourth-order valence-corrected chi connectivity index (χ4v) is 2.39. The summed E-state index contributed by atoms with van der Waals surface area (Å²) >= 11 is 0. The minimum Gasteiger partial charge on any atom is -0.377 e. The van der Waals surface area contributed by atoms with Crippen LogP contribution in [0.4, 0.5) is 0 Å². The number of likely N-dealkylation sites (tertiary alicyclic amines) is 1. The van der Waals surface area contributed by atoms with Crippen LogP contribution in [0.25, 0.3) is 0 Å². The molecule has 0 aromatic heterocycles. The van der Waals surface area contributed by atoms with Crippen molar-refractivity contribution in [3.63, 3.8) is 0 Å². The van der Waals surface area contributed by atoms with Gasteiger partial charge in [-0.2, -0.15) is 0 Å². The first-order valence-electron chi connectivity index (χ1n) is 6.46. The zero-order chi connectivity index (χ0) is 11.2. The molecule has 1 atom stereocenters. The van der Waals surface area contributed by atoms with Gasteiger partial charge in [0.1, 0.15) is 0 Å². The molecule has 1 unspecified atom stereocenters.